The van der Waals surface area contributed by atoms with E-state index in [9.17, 15) is 4.79 Å². The highest BCUT2D eigenvalue weighted by atomic mass is 16.5. The molecule has 0 aromatic heterocycles. The molecule has 2 nitrogen and oxygen atoms in total. The molecule has 2 aliphatic carbocycles. The summed E-state index contributed by atoms with van der Waals surface area (Å²) < 4.78 is 5.67. The average molecular weight is 238 g/mol. The van der Waals surface area contributed by atoms with Crippen LogP contribution in [0.3, 0.4) is 0 Å². The van der Waals surface area contributed by atoms with E-state index in [0.717, 1.165) is 43.4 Å². The fourth-order valence-electron chi connectivity index (χ4n) is 3.76. The van der Waals surface area contributed by atoms with Gasteiger partial charge < -0.3 is 4.74 Å². The van der Waals surface area contributed by atoms with Crippen molar-refractivity contribution in [1.82, 2.24) is 0 Å². The van der Waals surface area contributed by atoms with E-state index in [4.69, 9.17) is 4.74 Å². The van der Waals surface area contributed by atoms with Gasteiger partial charge in [0, 0.05) is 6.42 Å². The van der Waals surface area contributed by atoms with E-state index in [1.807, 2.05) is 0 Å². The molecule has 0 heterocycles. The van der Waals surface area contributed by atoms with Crippen molar-refractivity contribution in [3.63, 3.8) is 0 Å². The lowest BCUT2D eigenvalue weighted by Crippen LogP contribution is -2.32. The van der Waals surface area contributed by atoms with E-state index >= 15 is 0 Å². The fourth-order valence-corrected chi connectivity index (χ4v) is 3.76. The van der Waals surface area contributed by atoms with Crippen LogP contribution in [0.4, 0.5) is 0 Å². The van der Waals surface area contributed by atoms with Crippen LogP contribution in [-0.2, 0) is 9.53 Å². The van der Waals surface area contributed by atoms with Gasteiger partial charge >= 0.3 is 5.97 Å². The van der Waals surface area contributed by atoms with Gasteiger partial charge in [-0.3, -0.25) is 4.79 Å². The van der Waals surface area contributed by atoms with Crippen molar-refractivity contribution in [3.8, 4) is 0 Å². The highest BCUT2D eigenvalue weighted by Gasteiger charge is 2.50. The maximum Gasteiger partial charge on any atom is 0.306 e. The van der Waals surface area contributed by atoms with Crippen molar-refractivity contribution >= 4 is 5.97 Å². The smallest absolute Gasteiger partial charge is 0.306 e. The summed E-state index contributed by atoms with van der Waals surface area (Å²) in [5.74, 6) is 3.06. The number of unbranched alkanes of at least 4 members (excludes halogenated alkanes) is 2. The predicted molar refractivity (Wildman–Crippen MR) is 68.6 cm³/mol. The Morgan fingerprint density at radius 3 is 2.53 bits per heavy atom. The lowest BCUT2D eigenvalue weighted by molar-refractivity contribution is -0.153. The predicted octanol–water partition coefficient (Wildman–Crippen LogP) is 3.79. The molecule has 0 aromatic rings. The Morgan fingerprint density at radius 2 is 1.94 bits per heavy atom. The van der Waals surface area contributed by atoms with Gasteiger partial charge in [0.25, 0.3) is 0 Å². The number of hydrogen-bond donors (Lipinski definition) is 0. The second-order valence-corrected chi connectivity index (χ2v) is 6.10. The standard InChI is InChI=1S/C15H26O2/c1-4-5-6-7-15(16)17-14-9-12-8-13(14)11(3)10(12)2/h10-14H,4-9H2,1-3H3. The minimum atomic E-state index is 0.0378. The van der Waals surface area contributed by atoms with Gasteiger partial charge in [-0.05, 0) is 42.9 Å². The van der Waals surface area contributed by atoms with Crippen LogP contribution in [-0.4, -0.2) is 12.1 Å². The topological polar surface area (TPSA) is 26.3 Å². The number of ether oxygens (including phenoxy) is 1. The minimum Gasteiger partial charge on any atom is -0.462 e. The summed E-state index contributed by atoms with van der Waals surface area (Å²) in [7, 11) is 0. The SMILES string of the molecule is CCCCCC(=O)OC1CC2CC1C(C)C2C. The quantitative estimate of drug-likeness (QED) is 0.538. The molecule has 2 aliphatic rings. The molecule has 0 saturated heterocycles. The van der Waals surface area contributed by atoms with Gasteiger partial charge in [0.1, 0.15) is 6.10 Å². The Morgan fingerprint density at radius 1 is 1.18 bits per heavy atom. The number of carbonyl (C=O) groups is 1. The Bertz CT molecular complexity index is 272. The summed E-state index contributed by atoms with van der Waals surface area (Å²) in [6.07, 6.45) is 6.55. The zero-order valence-electron chi connectivity index (χ0n) is 11.4. The molecular weight excluding hydrogens is 212 g/mol. The van der Waals surface area contributed by atoms with E-state index in [0.29, 0.717) is 12.3 Å². The minimum absolute atomic E-state index is 0.0378. The van der Waals surface area contributed by atoms with E-state index in [-0.39, 0.29) is 12.1 Å². The monoisotopic (exact) mass is 238 g/mol. The van der Waals surface area contributed by atoms with Crippen LogP contribution in [0.5, 0.6) is 0 Å². The zero-order chi connectivity index (χ0) is 12.4. The van der Waals surface area contributed by atoms with Crippen molar-refractivity contribution in [2.45, 2.75) is 65.4 Å². The van der Waals surface area contributed by atoms with Gasteiger partial charge in [0.2, 0.25) is 0 Å². The highest BCUT2D eigenvalue weighted by Crippen LogP contribution is 2.52. The van der Waals surface area contributed by atoms with Crippen molar-refractivity contribution in [1.29, 1.82) is 0 Å². The van der Waals surface area contributed by atoms with Gasteiger partial charge in [-0.25, -0.2) is 0 Å². The van der Waals surface area contributed by atoms with Crippen LogP contribution >= 0.6 is 0 Å². The molecule has 0 N–H and O–H groups in total. The average Bonchev–Trinajstić information content (AvgIpc) is 2.81. The largest absolute Gasteiger partial charge is 0.462 e. The van der Waals surface area contributed by atoms with E-state index in [1.54, 1.807) is 0 Å². The van der Waals surface area contributed by atoms with Gasteiger partial charge in [0.05, 0.1) is 0 Å². The molecule has 5 atom stereocenters. The Labute approximate surface area is 105 Å². The van der Waals surface area contributed by atoms with Crippen molar-refractivity contribution in [3.05, 3.63) is 0 Å². The Kier molecular flexibility index (Phi) is 4.11. The van der Waals surface area contributed by atoms with Crippen LogP contribution in [0.25, 0.3) is 0 Å². The highest BCUT2D eigenvalue weighted by molar-refractivity contribution is 5.69. The van der Waals surface area contributed by atoms with Gasteiger partial charge in [-0.2, -0.15) is 0 Å². The molecule has 0 aromatic carbocycles. The molecule has 2 bridgehead atoms. The molecule has 2 saturated carbocycles. The summed E-state index contributed by atoms with van der Waals surface area (Å²) in [5, 5.41) is 0. The summed E-state index contributed by atoms with van der Waals surface area (Å²) >= 11 is 0. The van der Waals surface area contributed by atoms with E-state index in [2.05, 4.69) is 20.8 Å². The lowest BCUT2D eigenvalue weighted by atomic mass is 9.80. The molecule has 0 aliphatic heterocycles. The second-order valence-electron chi connectivity index (χ2n) is 6.10. The maximum atomic E-state index is 11.7. The van der Waals surface area contributed by atoms with Gasteiger partial charge in [-0.1, -0.05) is 33.6 Å². The first-order chi connectivity index (χ1) is 8.13. The van der Waals surface area contributed by atoms with Crippen LogP contribution in [0.1, 0.15) is 59.3 Å². The molecular formula is C15H26O2. The number of hydrogen-bond acceptors (Lipinski definition) is 2. The van der Waals surface area contributed by atoms with Gasteiger partial charge in [0.15, 0.2) is 0 Å². The first kappa shape index (κ1) is 12.9. The Balaban J connectivity index is 1.76. The molecule has 2 fully saturated rings. The summed E-state index contributed by atoms with van der Waals surface area (Å²) in [5.41, 5.74) is 0. The lowest BCUT2D eigenvalue weighted by Gasteiger charge is -2.31. The number of rotatable bonds is 5. The third-order valence-electron chi connectivity index (χ3n) is 5.10. The normalized spacial score (nSPS) is 39.6. The molecule has 0 spiro atoms. The second kappa shape index (κ2) is 5.41. The van der Waals surface area contributed by atoms with Crippen molar-refractivity contribution < 1.29 is 9.53 Å². The summed E-state index contributed by atoms with van der Waals surface area (Å²) in [6.45, 7) is 6.84. The van der Waals surface area contributed by atoms with E-state index in [1.165, 1.54) is 6.42 Å². The number of carbonyl (C=O) groups excluding carboxylic acids is 1. The molecule has 2 rings (SSSR count). The van der Waals surface area contributed by atoms with Gasteiger partial charge in [-0.15, -0.1) is 0 Å². The summed E-state index contributed by atoms with van der Waals surface area (Å²) in [4.78, 5) is 11.7. The van der Waals surface area contributed by atoms with Crippen LogP contribution in [0, 0.1) is 23.7 Å². The Hall–Kier alpha value is -0.530. The third kappa shape index (κ3) is 2.66. The number of fused-ring (bicyclic) bond motifs is 2. The van der Waals surface area contributed by atoms with Crippen LogP contribution < -0.4 is 0 Å². The fraction of sp³-hybridized carbons (Fsp3) is 0.933. The molecule has 98 valence electrons. The van der Waals surface area contributed by atoms with Crippen molar-refractivity contribution in [2.24, 2.45) is 23.7 Å². The molecule has 0 amide bonds. The molecule has 17 heavy (non-hydrogen) atoms. The first-order valence-corrected chi connectivity index (χ1v) is 7.33. The van der Waals surface area contributed by atoms with E-state index < -0.39 is 0 Å². The molecule has 5 unspecified atom stereocenters. The number of esters is 1. The molecule has 0 radical (unpaired) electrons. The maximum absolute atomic E-state index is 11.7. The summed E-state index contributed by atoms with van der Waals surface area (Å²) in [6, 6.07) is 0. The molecule has 2 heteroatoms. The third-order valence-corrected chi connectivity index (χ3v) is 5.10. The van der Waals surface area contributed by atoms with Crippen LogP contribution in [0.2, 0.25) is 0 Å². The van der Waals surface area contributed by atoms with Crippen molar-refractivity contribution in [2.75, 3.05) is 0 Å². The first-order valence-electron chi connectivity index (χ1n) is 7.33. The zero-order valence-corrected chi connectivity index (χ0v) is 11.4. The van der Waals surface area contributed by atoms with Crippen LogP contribution in [0.15, 0.2) is 0 Å².